The summed E-state index contributed by atoms with van der Waals surface area (Å²) in [6.07, 6.45) is 4.51. The number of amidine groups is 1. The number of thiol groups is 1. The fourth-order valence-corrected chi connectivity index (χ4v) is 4.50. The van der Waals surface area contributed by atoms with E-state index in [0.29, 0.717) is 13.1 Å². The number of likely N-dealkylation sites (tertiary alicyclic amines) is 1. The Balaban J connectivity index is 1.49. The van der Waals surface area contributed by atoms with Crippen molar-refractivity contribution in [3.63, 3.8) is 0 Å². The van der Waals surface area contributed by atoms with Gasteiger partial charge >= 0.3 is 0 Å². The first-order chi connectivity index (χ1) is 16.4. The van der Waals surface area contributed by atoms with Crippen molar-refractivity contribution >= 4 is 29.4 Å². The van der Waals surface area contributed by atoms with Gasteiger partial charge in [-0.2, -0.15) is 12.6 Å². The molecule has 186 valence electrons. The second-order valence-corrected chi connectivity index (χ2v) is 9.57. The molecule has 3 N–H and O–H groups in total. The highest BCUT2D eigenvalue weighted by Crippen LogP contribution is 2.24. The fraction of sp³-hybridized carbons (Fsp3) is 0.538. The molecule has 0 bridgehead atoms. The highest BCUT2D eigenvalue weighted by molar-refractivity contribution is 7.81. The van der Waals surface area contributed by atoms with Gasteiger partial charge in [0.15, 0.2) is 0 Å². The molecule has 0 saturated carbocycles. The first-order valence-electron chi connectivity index (χ1n) is 12.1. The highest BCUT2D eigenvalue weighted by Gasteiger charge is 2.30. The highest BCUT2D eigenvalue weighted by atomic mass is 32.1. The average Bonchev–Trinajstić information content (AvgIpc) is 3.20. The van der Waals surface area contributed by atoms with Gasteiger partial charge < -0.3 is 25.4 Å². The Morgan fingerprint density at radius 3 is 2.91 bits per heavy atom. The summed E-state index contributed by atoms with van der Waals surface area (Å²) < 4.78 is 5.39. The van der Waals surface area contributed by atoms with Crippen molar-refractivity contribution in [3.8, 4) is 5.75 Å². The average molecular weight is 486 g/mol. The van der Waals surface area contributed by atoms with Crippen LogP contribution in [-0.2, 0) is 6.42 Å². The maximum Gasteiger partial charge on any atom is 0.119 e. The number of aliphatic hydroxyl groups excluding tert-OH is 1. The van der Waals surface area contributed by atoms with E-state index < -0.39 is 0 Å². The van der Waals surface area contributed by atoms with Gasteiger partial charge in [-0.15, -0.1) is 0 Å². The molecule has 3 atom stereocenters. The van der Waals surface area contributed by atoms with E-state index in [9.17, 15) is 5.11 Å². The van der Waals surface area contributed by atoms with Crippen LogP contribution in [0.15, 0.2) is 47.2 Å². The SMILES string of the molecule is C/C=C(/CNCC1CN(CCc2ccnc3ccc(OC)cc23)CC1O)NC(=NCC)C(C)S. The van der Waals surface area contributed by atoms with Crippen molar-refractivity contribution in [2.45, 2.75) is 38.5 Å². The summed E-state index contributed by atoms with van der Waals surface area (Å²) in [7, 11) is 1.69. The molecule has 3 rings (SSSR count). The van der Waals surface area contributed by atoms with Crippen LogP contribution in [0, 0.1) is 5.92 Å². The molecule has 2 aromatic rings. The topological polar surface area (TPSA) is 82.0 Å². The second kappa shape index (κ2) is 13.1. The molecule has 34 heavy (non-hydrogen) atoms. The van der Waals surface area contributed by atoms with Gasteiger partial charge in [0.1, 0.15) is 11.6 Å². The summed E-state index contributed by atoms with van der Waals surface area (Å²) >= 11 is 4.51. The van der Waals surface area contributed by atoms with Gasteiger partial charge in [0, 0.05) is 62.5 Å². The number of ether oxygens (including phenoxy) is 1. The van der Waals surface area contributed by atoms with E-state index >= 15 is 0 Å². The molecule has 1 aromatic heterocycles. The molecule has 8 heteroatoms. The standard InChI is InChI=1S/C26H39N5O2S/c1-5-21(30-26(18(3)34)28-6-2)15-27-14-20-16-31(17-25(20)32)12-10-19-9-11-29-24-8-7-22(33-4)13-23(19)24/h5,7-9,11,13,18,20,25,27,32,34H,6,10,12,14-17H2,1-4H3,(H,28,30)/b21-5-. The van der Waals surface area contributed by atoms with Crippen LogP contribution in [0.4, 0.5) is 0 Å². The van der Waals surface area contributed by atoms with Crippen LogP contribution in [0.5, 0.6) is 5.75 Å². The van der Waals surface area contributed by atoms with Gasteiger partial charge in [-0.1, -0.05) is 6.08 Å². The smallest absolute Gasteiger partial charge is 0.119 e. The number of rotatable bonds is 11. The number of pyridine rings is 1. The number of hydrogen-bond donors (Lipinski definition) is 4. The molecule has 1 saturated heterocycles. The Labute approximate surface area is 209 Å². The Kier molecular flexibility index (Phi) is 10.2. The Morgan fingerprint density at radius 2 is 2.21 bits per heavy atom. The van der Waals surface area contributed by atoms with E-state index in [-0.39, 0.29) is 17.3 Å². The number of aliphatic hydroxyl groups is 1. The number of fused-ring (bicyclic) bond motifs is 1. The molecule has 0 amide bonds. The minimum absolute atomic E-state index is 0.0544. The van der Waals surface area contributed by atoms with Crippen molar-refractivity contribution in [2.75, 3.05) is 46.4 Å². The number of aromatic nitrogens is 1. The van der Waals surface area contributed by atoms with E-state index in [2.05, 4.69) is 56.3 Å². The number of β-amino-alcohol motifs (C(OH)–C–C–N with tert-alkyl or cyclic N) is 1. The van der Waals surface area contributed by atoms with E-state index in [0.717, 1.165) is 60.8 Å². The monoisotopic (exact) mass is 485 g/mol. The third kappa shape index (κ3) is 7.18. The van der Waals surface area contributed by atoms with E-state index in [1.54, 1.807) is 7.11 Å². The minimum atomic E-state index is -0.321. The van der Waals surface area contributed by atoms with Crippen molar-refractivity contribution in [1.82, 2.24) is 20.5 Å². The zero-order valence-electron chi connectivity index (χ0n) is 20.8. The predicted molar refractivity (Wildman–Crippen MR) is 144 cm³/mol. The number of benzene rings is 1. The number of nitrogens with zero attached hydrogens (tertiary/aromatic N) is 3. The van der Waals surface area contributed by atoms with Gasteiger partial charge in [0.2, 0.25) is 0 Å². The van der Waals surface area contributed by atoms with Crippen LogP contribution in [0.25, 0.3) is 10.9 Å². The van der Waals surface area contributed by atoms with Gasteiger partial charge in [-0.05, 0) is 57.0 Å². The lowest BCUT2D eigenvalue weighted by Crippen LogP contribution is -2.37. The maximum atomic E-state index is 10.6. The van der Waals surface area contributed by atoms with Gasteiger partial charge in [0.25, 0.3) is 0 Å². The Morgan fingerprint density at radius 1 is 1.38 bits per heavy atom. The van der Waals surface area contributed by atoms with Crippen LogP contribution in [0.3, 0.4) is 0 Å². The first kappa shape index (κ1) is 26.5. The molecule has 0 aliphatic carbocycles. The van der Waals surface area contributed by atoms with Crippen LogP contribution in [0.2, 0.25) is 0 Å². The third-order valence-electron chi connectivity index (χ3n) is 6.30. The van der Waals surface area contributed by atoms with Crippen LogP contribution < -0.4 is 15.4 Å². The summed E-state index contributed by atoms with van der Waals surface area (Å²) in [4.78, 5) is 11.3. The normalized spacial score (nSPS) is 20.6. The maximum absolute atomic E-state index is 10.6. The molecule has 3 unspecified atom stereocenters. The van der Waals surface area contributed by atoms with Crippen molar-refractivity contribution in [1.29, 1.82) is 0 Å². The molecular formula is C26H39N5O2S. The molecule has 1 aliphatic rings. The second-order valence-electron chi connectivity index (χ2n) is 8.80. The van der Waals surface area contributed by atoms with Gasteiger partial charge in [0.05, 0.1) is 24.0 Å². The zero-order valence-corrected chi connectivity index (χ0v) is 21.7. The van der Waals surface area contributed by atoms with E-state index in [1.165, 1.54) is 5.56 Å². The largest absolute Gasteiger partial charge is 0.497 e. The first-order valence-corrected chi connectivity index (χ1v) is 12.6. The molecule has 0 radical (unpaired) electrons. The molecular weight excluding hydrogens is 446 g/mol. The summed E-state index contributed by atoms with van der Waals surface area (Å²) in [5.41, 5.74) is 3.30. The molecule has 1 aromatic carbocycles. The summed E-state index contributed by atoms with van der Waals surface area (Å²) in [6, 6.07) is 8.08. The number of aliphatic imine (C=N–C) groups is 1. The molecule has 1 aliphatic heterocycles. The lowest BCUT2D eigenvalue weighted by Gasteiger charge is -2.19. The number of hydrogen-bond acceptors (Lipinski definition) is 7. The number of methoxy groups -OCH3 is 1. The van der Waals surface area contributed by atoms with Crippen molar-refractivity contribution in [2.24, 2.45) is 10.9 Å². The molecule has 7 nitrogen and oxygen atoms in total. The minimum Gasteiger partial charge on any atom is -0.497 e. The quantitative estimate of drug-likeness (QED) is 0.223. The van der Waals surface area contributed by atoms with Crippen molar-refractivity contribution < 1.29 is 9.84 Å². The molecule has 1 fully saturated rings. The van der Waals surface area contributed by atoms with Crippen LogP contribution >= 0.6 is 12.6 Å². The summed E-state index contributed by atoms with van der Waals surface area (Å²) in [6.45, 7) is 10.7. The lowest BCUT2D eigenvalue weighted by atomic mass is 10.1. The Bertz CT molecular complexity index is 994. The summed E-state index contributed by atoms with van der Waals surface area (Å²) in [5, 5.41) is 18.7. The predicted octanol–water partition coefficient (Wildman–Crippen LogP) is 2.90. The third-order valence-corrected chi connectivity index (χ3v) is 6.55. The Hall–Kier alpha value is -2.13. The number of nitrogens with one attached hydrogen (secondary N) is 2. The lowest BCUT2D eigenvalue weighted by molar-refractivity contribution is 0.141. The zero-order chi connectivity index (χ0) is 24.5. The van der Waals surface area contributed by atoms with Crippen LogP contribution in [0.1, 0.15) is 26.3 Å². The van der Waals surface area contributed by atoms with Gasteiger partial charge in [-0.25, -0.2) is 0 Å². The fourth-order valence-electron chi connectivity index (χ4n) is 4.35. The van der Waals surface area contributed by atoms with E-state index in [1.807, 2.05) is 39.1 Å². The molecule has 2 heterocycles. The summed E-state index contributed by atoms with van der Waals surface area (Å²) in [5.74, 6) is 1.94. The van der Waals surface area contributed by atoms with Crippen molar-refractivity contribution in [3.05, 3.63) is 47.8 Å². The van der Waals surface area contributed by atoms with Crippen LogP contribution in [-0.4, -0.2) is 78.6 Å². The number of allylic oxidation sites excluding steroid dienone is 1. The van der Waals surface area contributed by atoms with E-state index in [4.69, 9.17) is 4.74 Å². The van der Waals surface area contributed by atoms with Gasteiger partial charge in [-0.3, -0.25) is 9.98 Å². The molecule has 0 spiro atoms.